The van der Waals surface area contributed by atoms with Crippen LogP contribution < -0.4 is 16.4 Å². The van der Waals surface area contributed by atoms with E-state index in [1.54, 1.807) is 38.2 Å². The molecular formula is C24H32N6O4. The average molecular weight is 469 g/mol. The molecule has 2 heterocycles. The molecule has 3 rings (SSSR count). The molecule has 34 heavy (non-hydrogen) atoms. The van der Waals surface area contributed by atoms with E-state index in [0.29, 0.717) is 23.8 Å². The first-order chi connectivity index (χ1) is 16.1. The van der Waals surface area contributed by atoms with Crippen molar-refractivity contribution < 1.29 is 19.1 Å². The summed E-state index contributed by atoms with van der Waals surface area (Å²) >= 11 is 0. The second kappa shape index (κ2) is 11.1. The number of rotatable bonds is 10. The molecule has 0 saturated carbocycles. The molecule has 2 amide bonds. The molecule has 0 radical (unpaired) electrons. The molecule has 182 valence electrons. The Morgan fingerprint density at radius 3 is 2.50 bits per heavy atom. The summed E-state index contributed by atoms with van der Waals surface area (Å²) in [7, 11) is 0. The number of pyridine rings is 1. The second-order valence-electron chi connectivity index (χ2n) is 8.83. The van der Waals surface area contributed by atoms with Crippen LogP contribution in [-0.2, 0) is 27.4 Å². The number of alkyl carbamates (subject to hydrolysis) is 1. The molecule has 4 N–H and O–H groups in total. The second-order valence-corrected chi connectivity index (χ2v) is 8.83. The van der Waals surface area contributed by atoms with E-state index in [4.69, 9.17) is 15.2 Å². The number of amides is 2. The minimum atomic E-state index is -1.09. The van der Waals surface area contributed by atoms with Crippen LogP contribution in [0.25, 0.3) is 5.65 Å². The van der Waals surface area contributed by atoms with E-state index in [-0.39, 0.29) is 25.2 Å². The lowest BCUT2D eigenvalue weighted by Gasteiger charge is -2.24. The van der Waals surface area contributed by atoms with Gasteiger partial charge in [0.15, 0.2) is 11.5 Å². The van der Waals surface area contributed by atoms with Gasteiger partial charge in [0.1, 0.15) is 6.04 Å². The maximum atomic E-state index is 12.7. The molecule has 3 aromatic rings. The van der Waals surface area contributed by atoms with Crippen LogP contribution in [0.4, 0.5) is 4.79 Å². The van der Waals surface area contributed by atoms with Gasteiger partial charge in [0.25, 0.3) is 0 Å². The Morgan fingerprint density at radius 1 is 1.09 bits per heavy atom. The minimum absolute atomic E-state index is 0.147. The summed E-state index contributed by atoms with van der Waals surface area (Å²) in [6.07, 6.45) is -0.759. The molecule has 10 nitrogen and oxygen atoms in total. The summed E-state index contributed by atoms with van der Waals surface area (Å²) in [5, 5.41) is 14.2. The van der Waals surface area contributed by atoms with Gasteiger partial charge in [-0.2, -0.15) is 0 Å². The lowest BCUT2D eigenvalue weighted by molar-refractivity contribution is -0.126. The summed E-state index contributed by atoms with van der Waals surface area (Å²) in [6.45, 7) is 7.51. The standard InChI is InChI=1S/C24H32N6O4/c1-16(2)34-23(32)26-13-18-11-8-12-20-28-29-21(30(18)20)19(27-22(31)24(3,4)25)15-33-14-17-9-6-5-7-10-17/h5-12,16,19H,13-15,25H2,1-4H3,(H,26,32)(H,27,31)/t19-/m1/s1. The van der Waals surface area contributed by atoms with Gasteiger partial charge >= 0.3 is 6.09 Å². The molecule has 0 spiro atoms. The molecule has 10 heteroatoms. The van der Waals surface area contributed by atoms with Crippen LogP contribution in [0.5, 0.6) is 0 Å². The Balaban J connectivity index is 1.86. The Hall–Kier alpha value is -3.50. The topological polar surface area (TPSA) is 133 Å². The zero-order chi connectivity index (χ0) is 24.7. The zero-order valence-corrected chi connectivity index (χ0v) is 19.9. The number of nitrogens with zero attached hydrogens (tertiary/aromatic N) is 3. The van der Waals surface area contributed by atoms with Crippen molar-refractivity contribution in [3.63, 3.8) is 0 Å². The molecular weight excluding hydrogens is 436 g/mol. The van der Waals surface area contributed by atoms with Crippen molar-refractivity contribution in [1.29, 1.82) is 0 Å². The highest BCUT2D eigenvalue weighted by atomic mass is 16.6. The molecule has 2 aromatic heterocycles. The highest BCUT2D eigenvalue weighted by molar-refractivity contribution is 5.85. The van der Waals surface area contributed by atoms with E-state index in [0.717, 1.165) is 5.56 Å². The summed E-state index contributed by atoms with van der Waals surface area (Å²) < 4.78 is 12.9. The third-order valence-electron chi connectivity index (χ3n) is 4.89. The maximum Gasteiger partial charge on any atom is 0.407 e. The third-order valence-corrected chi connectivity index (χ3v) is 4.89. The number of nitrogens with two attached hydrogens (primary N) is 1. The van der Waals surface area contributed by atoms with Gasteiger partial charge in [-0.1, -0.05) is 36.4 Å². The van der Waals surface area contributed by atoms with Crippen molar-refractivity contribution in [3.8, 4) is 0 Å². The quantitative estimate of drug-likeness (QED) is 0.416. The van der Waals surface area contributed by atoms with Crippen LogP contribution in [0.15, 0.2) is 48.5 Å². The molecule has 1 aromatic carbocycles. The first-order valence-corrected chi connectivity index (χ1v) is 11.1. The third kappa shape index (κ3) is 6.75. The van der Waals surface area contributed by atoms with E-state index in [2.05, 4.69) is 20.8 Å². The van der Waals surface area contributed by atoms with Crippen LogP contribution in [0, 0.1) is 0 Å². The van der Waals surface area contributed by atoms with E-state index in [1.165, 1.54) is 0 Å². The van der Waals surface area contributed by atoms with Gasteiger partial charge in [-0.05, 0) is 45.4 Å². The van der Waals surface area contributed by atoms with Crippen LogP contribution >= 0.6 is 0 Å². The van der Waals surface area contributed by atoms with E-state index in [1.807, 2.05) is 42.5 Å². The Kier molecular flexibility index (Phi) is 8.19. The lowest BCUT2D eigenvalue weighted by atomic mass is 10.1. The summed E-state index contributed by atoms with van der Waals surface area (Å²) in [6, 6.07) is 14.6. The molecule has 0 fully saturated rings. The fraction of sp³-hybridized carbons (Fsp3) is 0.417. The predicted molar refractivity (Wildman–Crippen MR) is 127 cm³/mol. The van der Waals surface area contributed by atoms with Gasteiger partial charge in [-0.25, -0.2) is 4.79 Å². The van der Waals surface area contributed by atoms with E-state index < -0.39 is 17.7 Å². The number of ether oxygens (including phenoxy) is 2. The maximum absolute atomic E-state index is 12.7. The first kappa shape index (κ1) is 25.1. The number of hydrogen-bond acceptors (Lipinski definition) is 7. The average Bonchev–Trinajstić information content (AvgIpc) is 3.21. The first-order valence-electron chi connectivity index (χ1n) is 11.1. The van der Waals surface area contributed by atoms with Crippen molar-refractivity contribution in [1.82, 2.24) is 25.2 Å². The van der Waals surface area contributed by atoms with Crippen LogP contribution in [0.3, 0.4) is 0 Å². The van der Waals surface area contributed by atoms with Gasteiger partial charge < -0.3 is 25.8 Å². The van der Waals surface area contributed by atoms with Gasteiger partial charge in [-0.3, -0.25) is 9.20 Å². The largest absolute Gasteiger partial charge is 0.447 e. The summed E-state index contributed by atoms with van der Waals surface area (Å²) in [5.74, 6) is 0.115. The zero-order valence-electron chi connectivity index (χ0n) is 19.9. The van der Waals surface area contributed by atoms with E-state index >= 15 is 0 Å². The SMILES string of the molecule is CC(C)OC(=O)NCc1cccc2nnc([C@@H](COCc3ccccc3)NC(=O)C(C)(C)N)n12. The van der Waals surface area contributed by atoms with Crippen molar-refractivity contribution in [3.05, 3.63) is 65.6 Å². The van der Waals surface area contributed by atoms with Crippen molar-refractivity contribution in [2.75, 3.05) is 6.61 Å². The Bertz CT molecular complexity index is 1110. The number of nitrogens with one attached hydrogen (secondary N) is 2. The minimum Gasteiger partial charge on any atom is -0.447 e. The number of fused-ring (bicyclic) bond motifs is 1. The lowest BCUT2D eigenvalue weighted by Crippen LogP contribution is -2.51. The molecule has 0 saturated heterocycles. The monoisotopic (exact) mass is 468 g/mol. The van der Waals surface area contributed by atoms with Crippen molar-refractivity contribution in [2.45, 2.75) is 58.5 Å². The van der Waals surface area contributed by atoms with Crippen LogP contribution in [-0.4, -0.2) is 44.8 Å². The molecule has 0 aliphatic heterocycles. The number of hydrogen-bond donors (Lipinski definition) is 3. The van der Waals surface area contributed by atoms with Gasteiger partial charge in [0.05, 0.1) is 31.4 Å². The van der Waals surface area contributed by atoms with Crippen LogP contribution in [0.2, 0.25) is 0 Å². The van der Waals surface area contributed by atoms with Crippen molar-refractivity contribution >= 4 is 17.6 Å². The fourth-order valence-electron chi connectivity index (χ4n) is 3.21. The molecule has 0 bridgehead atoms. The summed E-state index contributed by atoms with van der Waals surface area (Å²) in [5.41, 5.74) is 7.20. The van der Waals surface area contributed by atoms with Crippen molar-refractivity contribution in [2.24, 2.45) is 5.73 Å². The number of aromatic nitrogens is 3. The Morgan fingerprint density at radius 2 is 1.82 bits per heavy atom. The Labute approximate surface area is 198 Å². The summed E-state index contributed by atoms with van der Waals surface area (Å²) in [4.78, 5) is 24.7. The fourth-order valence-corrected chi connectivity index (χ4v) is 3.21. The highest BCUT2D eigenvalue weighted by Crippen LogP contribution is 2.18. The molecule has 0 aliphatic rings. The highest BCUT2D eigenvalue weighted by Gasteiger charge is 2.28. The molecule has 0 aliphatic carbocycles. The predicted octanol–water partition coefficient (Wildman–Crippen LogP) is 2.48. The van der Waals surface area contributed by atoms with E-state index in [9.17, 15) is 9.59 Å². The molecule has 0 unspecified atom stereocenters. The number of benzene rings is 1. The van der Waals surface area contributed by atoms with Gasteiger partial charge in [-0.15, -0.1) is 10.2 Å². The van der Waals surface area contributed by atoms with Gasteiger partial charge in [0, 0.05) is 5.69 Å². The normalized spacial score (nSPS) is 12.5. The number of carbonyl (C=O) groups excluding carboxylic acids is 2. The van der Waals surface area contributed by atoms with Crippen LogP contribution in [0.1, 0.15) is 50.8 Å². The number of carbonyl (C=O) groups is 2. The molecule has 1 atom stereocenters. The smallest absolute Gasteiger partial charge is 0.407 e. The van der Waals surface area contributed by atoms with Gasteiger partial charge in [0.2, 0.25) is 5.91 Å².